The van der Waals surface area contributed by atoms with E-state index >= 15 is 0 Å². The fraction of sp³-hybridized carbons (Fsp3) is 0.400. The predicted octanol–water partition coefficient (Wildman–Crippen LogP) is 11.2. The van der Waals surface area contributed by atoms with E-state index in [1.807, 2.05) is 0 Å². The molecule has 0 atom stereocenters. The molecule has 0 amide bonds. The fourth-order valence-electron chi connectivity index (χ4n) is 6.76. The molecule has 0 heterocycles. The molecular weight excluding hydrogens is 806 g/mol. The van der Waals surface area contributed by atoms with Gasteiger partial charge in [-0.05, 0) is 118 Å². The zero-order valence-corrected chi connectivity index (χ0v) is 40.4. The molecule has 58 heavy (non-hydrogen) atoms. The number of hydrogen-bond donors (Lipinski definition) is 0. The minimum Gasteiger partial charge on any atom is -0.871 e. The van der Waals surface area contributed by atoms with Crippen LogP contribution in [0.5, 0.6) is 11.5 Å². The molecule has 0 aromatic heterocycles. The van der Waals surface area contributed by atoms with E-state index in [4.69, 9.17) is 21.0 Å². The molecule has 4 fully saturated rings. The molecule has 4 aliphatic carbocycles. The molecule has 312 valence electrons. The van der Waals surface area contributed by atoms with Gasteiger partial charge < -0.3 is 10.2 Å². The minimum absolute atomic E-state index is 0. The molecule has 6 nitrogen and oxygen atoms in total. The van der Waals surface area contributed by atoms with Gasteiger partial charge in [-0.15, -0.1) is 0 Å². The summed E-state index contributed by atoms with van der Waals surface area (Å²) in [4.78, 5) is 0. The standard InChI is InChI=1S/C10H2N4O2.4C10H15.2Co/c11-1-5-6(2-12)10(16)8(4-14)7(3-13)9(5)15;4*1-6-7(2)9(4)10(5)8(6)3;;/h15-16H;4*1-5H3;;/p-2. The van der Waals surface area contributed by atoms with Crippen molar-refractivity contribution in [1.29, 1.82) is 21.0 Å². The SMILES string of the molecule is C[C]1[C](C)[C](C)[C](C)[C]1C.C[C]1[C](C)[C](C)[C](C)[C]1C.C[C]1[C](C)[C](C)[C](C)[C]1C.C[C]1[C](C)[C](C)[C](C)[C]1C.N#Cc1c([O-])c(C#N)c(C#N)c([O-])c1C#N.[Co].[Co]. The number of nitriles is 4. The third kappa shape index (κ3) is 12.4. The Morgan fingerprint density at radius 2 is 0.293 bits per heavy atom. The third-order valence-electron chi connectivity index (χ3n) is 13.1. The van der Waals surface area contributed by atoms with Gasteiger partial charge in [-0.25, -0.2) is 0 Å². The molecule has 22 radical (unpaired) electrons. The summed E-state index contributed by atoms with van der Waals surface area (Å²) in [5.74, 6) is 27.2. The van der Waals surface area contributed by atoms with E-state index < -0.39 is 33.8 Å². The first-order chi connectivity index (χ1) is 25.8. The molecule has 0 N–H and O–H groups in total. The number of rotatable bonds is 0. The van der Waals surface area contributed by atoms with Crippen LogP contribution in [-0.2, 0) is 33.6 Å². The first-order valence-corrected chi connectivity index (χ1v) is 18.8. The number of hydrogen-bond acceptors (Lipinski definition) is 6. The molecule has 1 aromatic carbocycles. The molecule has 4 saturated carbocycles. The minimum atomic E-state index is -1.06. The van der Waals surface area contributed by atoms with E-state index in [2.05, 4.69) is 138 Å². The van der Waals surface area contributed by atoms with Crippen LogP contribution in [0, 0.1) is 164 Å². The van der Waals surface area contributed by atoms with Gasteiger partial charge in [0.1, 0.15) is 0 Å². The summed E-state index contributed by atoms with van der Waals surface area (Å²) in [6, 6.07) is 5.54. The van der Waals surface area contributed by atoms with Gasteiger partial charge in [0.2, 0.25) is 0 Å². The molecule has 0 saturated heterocycles. The number of nitrogens with zero attached hydrogens (tertiary/aromatic N) is 4. The zero-order valence-electron chi connectivity index (χ0n) is 38.3. The van der Waals surface area contributed by atoms with Crippen molar-refractivity contribution in [3.8, 4) is 35.8 Å². The summed E-state index contributed by atoms with van der Waals surface area (Å²) < 4.78 is 0. The van der Waals surface area contributed by atoms with Crippen LogP contribution in [-0.4, -0.2) is 0 Å². The van der Waals surface area contributed by atoms with E-state index in [0.29, 0.717) is 0 Å². The molecule has 4 aliphatic rings. The maximum absolute atomic E-state index is 11.5. The average molecular weight is 867 g/mol. The molecule has 0 aliphatic heterocycles. The van der Waals surface area contributed by atoms with E-state index in [-0.39, 0.29) is 33.6 Å². The first kappa shape index (κ1) is 57.9. The summed E-state index contributed by atoms with van der Waals surface area (Å²) >= 11 is 0. The van der Waals surface area contributed by atoms with E-state index in [1.165, 1.54) is 143 Å². The van der Waals surface area contributed by atoms with Crippen molar-refractivity contribution in [1.82, 2.24) is 0 Å². The van der Waals surface area contributed by atoms with Gasteiger partial charge in [-0.2, -0.15) is 21.0 Å². The van der Waals surface area contributed by atoms with Crippen LogP contribution in [0.3, 0.4) is 0 Å². The van der Waals surface area contributed by atoms with E-state index in [9.17, 15) is 10.2 Å². The second-order valence-corrected chi connectivity index (χ2v) is 15.1. The second kappa shape index (κ2) is 24.9. The van der Waals surface area contributed by atoms with E-state index in [1.54, 1.807) is 0 Å². The Morgan fingerprint density at radius 3 is 0.345 bits per heavy atom. The quantitative estimate of drug-likeness (QED) is 0.254. The first-order valence-electron chi connectivity index (χ1n) is 18.8. The second-order valence-electron chi connectivity index (χ2n) is 15.1. The Bertz CT molecular complexity index is 1190. The molecule has 8 heteroatoms. The van der Waals surface area contributed by atoms with Crippen LogP contribution >= 0.6 is 0 Å². The summed E-state index contributed by atoms with van der Waals surface area (Å²) in [7, 11) is 0. The smallest absolute Gasteiger partial charge is 0.0999 e. The maximum atomic E-state index is 11.5. The monoisotopic (exact) mass is 866 g/mol. The van der Waals surface area contributed by atoms with E-state index in [0.717, 1.165) is 0 Å². The Hall–Kier alpha value is -2.21. The summed E-state index contributed by atoms with van der Waals surface area (Å²) in [6.45, 7) is 44.0. The van der Waals surface area contributed by atoms with Crippen LogP contribution in [0.2, 0.25) is 0 Å². The molecule has 5 rings (SSSR count). The van der Waals surface area contributed by atoms with Crippen LogP contribution in [0.1, 0.15) is 161 Å². The van der Waals surface area contributed by atoms with Crippen molar-refractivity contribution in [2.45, 2.75) is 138 Å². The van der Waals surface area contributed by atoms with Gasteiger partial charge in [0, 0.05) is 33.6 Å². The Balaban J connectivity index is 0. The van der Waals surface area contributed by atoms with Crippen LogP contribution < -0.4 is 10.2 Å². The maximum Gasteiger partial charge on any atom is 0.0999 e. The molecule has 0 spiro atoms. The Morgan fingerprint density at radius 1 is 0.224 bits per heavy atom. The fourth-order valence-corrected chi connectivity index (χ4v) is 6.76. The molecule has 0 unspecified atom stereocenters. The summed E-state index contributed by atoms with van der Waals surface area (Å²) in [5.41, 5.74) is -2.77. The van der Waals surface area contributed by atoms with Gasteiger partial charge in [0.05, 0.1) is 46.5 Å². The molecule has 1 aromatic rings. The van der Waals surface area contributed by atoms with Crippen LogP contribution in [0.15, 0.2) is 0 Å². The van der Waals surface area contributed by atoms with Crippen molar-refractivity contribution in [2.24, 2.45) is 0 Å². The third-order valence-corrected chi connectivity index (χ3v) is 13.1. The van der Waals surface area contributed by atoms with Gasteiger partial charge in [0.25, 0.3) is 0 Å². The van der Waals surface area contributed by atoms with Crippen molar-refractivity contribution in [3.05, 3.63) is 141 Å². The summed E-state index contributed by atoms with van der Waals surface area (Å²) in [6.07, 6.45) is 0. The molecule has 0 bridgehead atoms. The van der Waals surface area contributed by atoms with Crippen molar-refractivity contribution in [2.75, 3.05) is 0 Å². The van der Waals surface area contributed by atoms with Crippen molar-refractivity contribution >= 4 is 0 Å². The Labute approximate surface area is 377 Å². The van der Waals surface area contributed by atoms with Gasteiger partial charge in [0.15, 0.2) is 0 Å². The van der Waals surface area contributed by atoms with Crippen molar-refractivity contribution < 1.29 is 43.8 Å². The van der Waals surface area contributed by atoms with Crippen molar-refractivity contribution in [3.63, 3.8) is 0 Å². The Kier molecular flexibility index (Phi) is 24.9. The topological polar surface area (TPSA) is 141 Å². The van der Waals surface area contributed by atoms with Gasteiger partial charge in [-0.1, -0.05) is 150 Å². The normalized spacial score (nSPS) is 21.9. The zero-order chi connectivity index (χ0) is 43.8. The van der Waals surface area contributed by atoms with Gasteiger partial charge in [-0.3, -0.25) is 0 Å². The van der Waals surface area contributed by atoms with Gasteiger partial charge >= 0.3 is 0 Å². The average Bonchev–Trinajstić information content (AvgIpc) is 3.62. The van der Waals surface area contributed by atoms with Crippen LogP contribution in [0.25, 0.3) is 0 Å². The summed E-state index contributed by atoms with van der Waals surface area (Å²) in [5, 5.41) is 57.3. The number of benzene rings is 1. The van der Waals surface area contributed by atoms with Crippen LogP contribution in [0.4, 0.5) is 0 Å². The largest absolute Gasteiger partial charge is 0.871 e. The predicted molar refractivity (Wildman–Crippen MR) is 223 cm³/mol. The molecular formula is C50H60Co2N4O2-2.